The van der Waals surface area contributed by atoms with Gasteiger partial charge in [0.1, 0.15) is 5.75 Å². The van der Waals surface area contributed by atoms with Crippen molar-refractivity contribution in [3.63, 3.8) is 0 Å². The number of nitrogens with one attached hydrogen (secondary N) is 2. The summed E-state index contributed by atoms with van der Waals surface area (Å²) in [6, 6.07) is 15.5. The molecule has 0 radical (unpaired) electrons. The Bertz CT molecular complexity index is 647. The number of benzene rings is 2. The van der Waals surface area contributed by atoms with Crippen molar-refractivity contribution in [3.8, 4) is 5.75 Å². The minimum Gasteiger partial charge on any atom is -0.495 e. The van der Waals surface area contributed by atoms with Crippen LogP contribution in [-0.4, -0.2) is 26.1 Å². The zero-order valence-electron chi connectivity index (χ0n) is 13.8. The maximum absolute atomic E-state index is 12.0. The normalized spacial score (nSPS) is 10.4. The number of aryl methyl sites for hydroxylation is 1. The number of methoxy groups -OCH3 is 1. The number of carbonyl (C=O) groups excluding carboxylic acids is 1. The molecule has 0 heterocycles. The quantitative estimate of drug-likeness (QED) is 0.677. The molecule has 0 aliphatic rings. The summed E-state index contributed by atoms with van der Waals surface area (Å²) < 4.78 is 5.21. The first-order chi connectivity index (χ1) is 11.7. The highest BCUT2D eigenvalue weighted by atomic mass is 35.5. The van der Waals surface area contributed by atoms with E-state index in [9.17, 15) is 4.79 Å². The van der Waals surface area contributed by atoms with Gasteiger partial charge in [0.25, 0.3) is 0 Å². The Morgan fingerprint density at radius 1 is 1.12 bits per heavy atom. The maximum atomic E-state index is 12.0. The van der Waals surface area contributed by atoms with Crippen LogP contribution in [-0.2, 0) is 11.2 Å². The Kier molecular flexibility index (Phi) is 7.59. The monoisotopic (exact) mass is 346 g/mol. The summed E-state index contributed by atoms with van der Waals surface area (Å²) in [5.41, 5.74) is 1.93. The van der Waals surface area contributed by atoms with Gasteiger partial charge in [-0.15, -0.1) is 0 Å². The molecular formula is C19H23ClN2O2. The van der Waals surface area contributed by atoms with Crippen LogP contribution in [0.25, 0.3) is 0 Å². The average Bonchev–Trinajstić information content (AvgIpc) is 2.59. The summed E-state index contributed by atoms with van der Waals surface area (Å²) in [5, 5.41) is 6.69. The maximum Gasteiger partial charge on any atom is 0.225 e. The molecule has 1 amide bonds. The number of hydrogen-bond acceptors (Lipinski definition) is 3. The topological polar surface area (TPSA) is 50.4 Å². The SMILES string of the molecule is COc1ccc(Cl)cc1NC(=O)CCNCCCc1ccccc1. The summed E-state index contributed by atoms with van der Waals surface area (Å²) in [4.78, 5) is 12.0. The zero-order valence-corrected chi connectivity index (χ0v) is 14.6. The van der Waals surface area contributed by atoms with Gasteiger partial charge in [0.2, 0.25) is 5.91 Å². The third kappa shape index (κ3) is 6.22. The molecule has 0 bridgehead atoms. The van der Waals surface area contributed by atoms with Crippen LogP contribution in [0, 0.1) is 0 Å². The third-order valence-corrected chi connectivity index (χ3v) is 3.86. The molecule has 0 atom stereocenters. The van der Waals surface area contributed by atoms with E-state index in [1.165, 1.54) is 5.56 Å². The van der Waals surface area contributed by atoms with Crippen molar-refractivity contribution in [2.24, 2.45) is 0 Å². The van der Waals surface area contributed by atoms with Gasteiger partial charge < -0.3 is 15.4 Å². The highest BCUT2D eigenvalue weighted by Gasteiger charge is 2.08. The molecule has 0 aliphatic heterocycles. The zero-order chi connectivity index (χ0) is 17.2. The minimum atomic E-state index is -0.0638. The number of anilines is 1. The van der Waals surface area contributed by atoms with Gasteiger partial charge in [0.05, 0.1) is 12.8 Å². The molecule has 5 heteroatoms. The first-order valence-corrected chi connectivity index (χ1v) is 8.45. The van der Waals surface area contributed by atoms with E-state index in [1.54, 1.807) is 25.3 Å². The van der Waals surface area contributed by atoms with Crippen LogP contribution in [0.15, 0.2) is 48.5 Å². The van der Waals surface area contributed by atoms with Crippen molar-refractivity contribution in [3.05, 3.63) is 59.1 Å². The molecule has 2 N–H and O–H groups in total. The molecule has 2 aromatic carbocycles. The van der Waals surface area contributed by atoms with Crippen LogP contribution < -0.4 is 15.4 Å². The molecule has 0 saturated carbocycles. The second-order valence-electron chi connectivity index (χ2n) is 5.48. The molecule has 24 heavy (non-hydrogen) atoms. The van der Waals surface area contributed by atoms with Gasteiger partial charge in [-0.3, -0.25) is 4.79 Å². The molecule has 0 unspecified atom stereocenters. The molecule has 0 saturated heterocycles. The molecular weight excluding hydrogens is 324 g/mol. The molecule has 128 valence electrons. The lowest BCUT2D eigenvalue weighted by Gasteiger charge is -2.11. The van der Waals surface area contributed by atoms with Gasteiger partial charge in [0, 0.05) is 18.0 Å². The second kappa shape index (κ2) is 9.96. The van der Waals surface area contributed by atoms with Crippen molar-refractivity contribution in [1.29, 1.82) is 0 Å². The standard InChI is InChI=1S/C19H23ClN2O2/c1-24-18-10-9-16(20)14-17(18)22-19(23)11-13-21-12-5-8-15-6-3-2-4-7-15/h2-4,6-7,9-10,14,21H,5,8,11-13H2,1H3,(H,22,23). The Morgan fingerprint density at radius 3 is 2.67 bits per heavy atom. The van der Waals surface area contributed by atoms with Crippen LogP contribution in [0.3, 0.4) is 0 Å². The number of halogens is 1. The molecule has 0 aliphatic carbocycles. The summed E-state index contributed by atoms with van der Waals surface area (Å²) in [6.45, 7) is 1.53. The minimum absolute atomic E-state index is 0.0638. The Balaban J connectivity index is 1.64. The third-order valence-electron chi connectivity index (χ3n) is 3.63. The van der Waals surface area contributed by atoms with Gasteiger partial charge in [-0.1, -0.05) is 41.9 Å². The van der Waals surface area contributed by atoms with E-state index in [0.29, 0.717) is 29.4 Å². The lowest BCUT2D eigenvalue weighted by atomic mass is 10.1. The summed E-state index contributed by atoms with van der Waals surface area (Å²) in [5.74, 6) is 0.537. The predicted octanol–water partition coefficient (Wildman–Crippen LogP) is 3.90. The second-order valence-corrected chi connectivity index (χ2v) is 5.92. The van der Waals surface area contributed by atoms with E-state index >= 15 is 0 Å². The van der Waals surface area contributed by atoms with Crippen molar-refractivity contribution in [1.82, 2.24) is 5.32 Å². The van der Waals surface area contributed by atoms with Crippen LogP contribution >= 0.6 is 11.6 Å². The number of carbonyl (C=O) groups is 1. The highest BCUT2D eigenvalue weighted by Crippen LogP contribution is 2.27. The van der Waals surface area contributed by atoms with Crippen molar-refractivity contribution in [2.45, 2.75) is 19.3 Å². The summed E-state index contributed by atoms with van der Waals surface area (Å²) in [6.07, 6.45) is 2.49. The van der Waals surface area contributed by atoms with Gasteiger partial charge in [0.15, 0.2) is 0 Å². The van der Waals surface area contributed by atoms with Crippen molar-refractivity contribution < 1.29 is 9.53 Å². The Morgan fingerprint density at radius 2 is 1.92 bits per heavy atom. The first-order valence-electron chi connectivity index (χ1n) is 8.07. The van der Waals surface area contributed by atoms with Crippen LogP contribution in [0.2, 0.25) is 5.02 Å². The van der Waals surface area contributed by atoms with Crippen molar-refractivity contribution in [2.75, 3.05) is 25.5 Å². The van der Waals surface area contributed by atoms with Gasteiger partial charge in [-0.05, 0) is 43.1 Å². The molecule has 0 spiro atoms. The van der Waals surface area contributed by atoms with E-state index < -0.39 is 0 Å². The van der Waals surface area contributed by atoms with Gasteiger partial charge >= 0.3 is 0 Å². The first kappa shape index (κ1) is 18.3. The smallest absolute Gasteiger partial charge is 0.225 e. The van der Waals surface area contributed by atoms with Crippen LogP contribution in [0.4, 0.5) is 5.69 Å². The number of amides is 1. The fraction of sp³-hybridized carbons (Fsp3) is 0.316. The average molecular weight is 347 g/mol. The van der Waals surface area contributed by atoms with Crippen molar-refractivity contribution >= 4 is 23.2 Å². The highest BCUT2D eigenvalue weighted by molar-refractivity contribution is 6.31. The fourth-order valence-electron chi connectivity index (χ4n) is 2.38. The van der Waals surface area contributed by atoms with Crippen LogP contribution in [0.5, 0.6) is 5.75 Å². The largest absolute Gasteiger partial charge is 0.495 e. The molecule has 0 fully saturated rings. The van der Waals surface area contributed by atoms with E-state index in [0.717, 1.165) is 19.4 Å². The Hall–Kier alpha value is -2.04. The van der Waals surface area contributed by atoms with E-state index in [4.69, 9.17) is 16.3 Å². The molecule has 0 aromatic heterocycles. The molecule has 4 nitrogen and oxygen atoms in total. The van der Waals surface area contributed by atoms with E-state index in [2.05, 4.69) is 34.9 Å². The van der Waals surface area contributed by atoms with Crippen LogP contribution in [0.1, 0.15) is 18.4 Å². The number of rotatable bonds is 9. The fourth-order valence-corrected chi connectivity index (χ4v) is 2.55. The van der Waals surface area contributed by atoms with Gasteiger partial charge in [-0.2, -0.15) is 0 Å². The van der Waals surface area contributed by atoms with E-state index in [-0.39, 0.29) is 5.91 Å². The summed E-state index contributed by atoms with van der Waals surface area (Å²) in [7, 11) is 1.56. The number of hydrogen-bond donors (Lipinski definition) is 2. The Labute approximate surface area is 148 Å². The van der Waals surface area contributed by atoms with Gasteiger partial charge in [-0.25, -0.2) is 0 Å². The lowest BCUT2D eigenvalue weighted by Crippen LogP contribution is -2.23. The number of ether oxygens (including phenoxy) is 1. The molecule has 2 rings (SSSR count). The summed E-state index contributed by atoms with van der Waals surface area (Å²) >= 11 is 5.95. The predicted molar refractivity (Wildman–Crippen MR) is 98.9 cm³/mol. The molecule has 2 aromatic rings. The lowest BCUT2D eigenvalue weighted by molar-refractivity contribution is -0.116. The van der Waals surface area contributed by atoms with E-state index in [1.807, 2.05) is 6.07 Å².